The Balaban J connectivity index is 2.46. The van der Waals surface area contributed by atoms with Crippen LogP contribution in [0.25, 0.3) is 21.6 Å². The first-order valence-corrected chi connectivity index (χ1v) is 5.85. The van der Waals surface area contributed by atoms with Gasteiger partial charge in [0, 0.05) is 16.6 Å². The molecule has 0 fully saturated rings. The number of thiophene rings is 1. The van der Waals surface area contributed by atoms with E-state index in [2.05, 4.69) is 25.6 Å². The van der Waals surface area contributed by atoms with Crippen molar-refractivity contribution in [3.05, 3.63) is 26.9 Å². The van der Waals surface area contributed by atoms with Crippen LogP contribution in [0.15, 0.2) is 10.9 Å². The molecule has 7 heteroatoms. The Hall–Kier alpha value is -2.02. The van der Waals surface area contributed by atoms with Crippen LogP contribution in [0.4, 0.5) is 0 Å². The summed E-state index contributed by atoms with van der Waals surface area (Å²) in [6.07, 6.45) is 0. The van der Waals surface area contributed by atoms with Crippen molar-refractivity contribution in [2.45, 2.75) is 13.8 Å². The molecule has 0 atom stereocenters. The van der Waals surface area contributed by atoms with Crippen LogP contribution in [0.3, 0.4) is 0 Å². The number of H-pyrrole nitrogens is 2. The molecule has 86 valence electrons. The molecule has 6 nitrogen and oxygen atoms in total. The Morgan fingerprint density at radius 1 is 1.35 bits per heavy atom. The van der Waals surface area contributed by atoms with Gasteiger partial charge in [-0.3, -0.25) is 4.79 Å². The molecule has 0 spiro atoms. The summed E-state index contributed by atoms with van der Waals surface area (Å²) in [4.78, 5) is 17.0. The molecule has 0 aliphatic carbocycles. The minimum absolute atomic E-state index is 0.0135. The van der Waals surface area contributed by atoms with Gasteiger partial charge >= 0.3 is 0 Å². The van der Waals surface area contributed by atoms with Gasteiger partial charge in [0.1, 0.15) is 0 Å². The molecule has 3 aromatic heterocycles. The molecule has 2 N–H and O–H groups in total. The van der Waals surface area contributed by atoms with E-state index in [9.17, 15) is 4.79 Å². The summed E-state index contributed by atoms with van der Waals surface area (Å²) in [5.74, 6) is 0.461. The zero-order chi connectivity index (χ0) is 12.0. The van der Waals surface area contributed by atoms with E-state index in [-0.39, 0.29) is 5.43 Å². The Bertz CT molecular complexity index is 740. The molecule has 0 aliphatic heterocycles. The van der Waals surface area contributed by atoms with E-state index in [1.54, 1.807) is 6.07 Å². The number of aromatic nitrogens is 5. The smallest absolute Gasteiger partial charge is 0.215 e. The first-order chi connectivity index (χ1) is 8.16. The number of tetrazole rings is 1. The third kappa shape index (κ3) is 1.47. The van der Waals surface area contributed by atoms with Crippen LogP contribution in [-0.4, -0.2) is 25.6 Å². The van der Waals surface area contributed by atoms with E-state index in [1.807, 2.05) is 13.8 Å². The molecule has 0 amide bonds. The Morgan fingerprint density at radius 3 is 2.88 bits per heavy atom. The molecule has 0 bridgehead atoms. The summed E-state index contributed by atoms with van der Waals surface area (Å²) >= 11 is 1.49. The second-order valence-corrected chi connectivity index (χ2v) is 5.01. The normalized spacial score (nSPS) is 11.2. The monoisotopic (exact) mass is 247 g/mol. The first-order valence-electron chi connectivity index (χ1n) is 5.03. The second kappa shape index (κ2) is 3.49. The number of fused-ring (bicyclic) bond motifs is 1. The molecule has 3 rings (SSSR count). The summed E-state index contributed by atoms with van der Waals surface area (Å²) in [7, 11) is 0. The quantitative estimate of drug-likeness (QED) is 0.680. The molecular formula is C10H9N5OS. The van der Waals surface area contributed by atoms with E-state index in [0.29, 0.717) is 11.2 Å². The van der Waals surface area contributed by atoms with Gasteiger partial charge in [-0.25, -0.2) is 0 Å². The predicted octanol–water partition coefficient (Wildman–Crippen LogP) is 1.39. The lowest BCUT2D eigenvalue weighted by atomic mass is 10.2. The molecule has 0 aliphatic rings. The number of nitrogens with zero attached hydrogens (tertiary/aromatic N) is 3. The summed E-state index contributed by atoms with van der Waals surface area (Å²) < 4.78 is 0. The highest BCUT2D eigenvalue weighted by Gasteiger charge is 2.16. The third-order valence-electron chi connectivity index (χ3n) is 2.55. The van der Waals surface area contributed by atoms with Gasteiger partial charge in [-0.1, -0.05) is 0 Å². The largest absolute Gasteiger partial charge is 0.358 e. The minimum atomic E-state index is -0.0135. The minimum Gasteiger partial charge on any atom is -0.358 e. The Labute approximate surface area is 99.7 Å². The van der Waals surface area contributed by atoms with Crippen LogP contribution in [-0.2, 0) is 0 Å². The van der Waals surface area contributed by atoms with E-state index in [4.69, 9.17) is 0 Å². The average molecular weight is 247 g/mol. The summed E-state index contributed by atoms with van der Waals surface area (Å²) in [5.41, 5.74) is 1.70. The number of rotatable bonds is 1. The number of hydrogen-bond acceptors (Lipinski definition) is 5. The van der Waals surface area contributed by atoms with Crippen LogP contribution >= 0.6 is 11.3 Å². The van der Waals surface area contributed by atoms with E-state index >= 15 is 0 Å². The lowest BCUT2D eigenvalue weighted by molar-refractivity contribution is 0.881. The van der Waals surface area contributed by atoms with Crippen LogP contribution in [0, 0.1) is 13.8 Å². The molecular weight excluding hydrogens is 238 g/mol. The summed E-state index contributed by atoms with van der Waals surface area (Å²) in [5, 5.41) is 14.4. The number of pyridine rings is 1. The maximum absolute atomic E-state index is 12.0. The van der Waals surface area contributed by atoms with Crippen LogP contribution in [0.2, 0.25) is 0 Å². The molecule has 0 saturated carbocycles. The third-order valence-corrected chi connectivity index (χ3v) is 3.65. The average Bonchev–Trinajstić information content (AvgIpc) is 2.86. The van der Waals surface area contributed by atoms with Crippen molar-refractivity contribution < 1.29 is 0 Å². The van der Waals surface area contributed by atoms with Crippen LogP contribution in [0.5, 0.6) is 0 Å². The number of aryl methyl sites for hydroxylation is 2. The van der Waals surface area contributed by atoms with E-state index < -0.39 is 0 Å². The van der Waals surface area contributed by atoms with Crippen molar-refractivity contribution >= 4 is 22.2 Å². The number of nitrogens with one attached hydrogen (secondary N) is 2. The predicted molar refractivity (Wildman–Crippen MR) is 65.1 cm³/mol. The van der Waals surface area contributed by atoms with Crippen molar-refractivity contribution in [3.63, 3.8) is 0 Å². The molecule has 0 saturated heterocycles. The highest BCUT2D eigenvalue weighted by molar-refractivity contribution is 7.17. The van der Waals surface area contributed by atoms with Gasteiger partial charge in [0.05, 0.1) is 15.8 Å². The fraction of sp³-hybridized carbons (Fsp3) is 0.200. The molecule has 0 radical (unpaired) electrons. The fourth-order valence-corrected chi connectivity index (χ4v) is 2.89. The molecule has 3 heterocycles. The highest BCUT2D eigenvalue weighted by Crippen LogP contribution is 2.33. The van der Waals surface area contributed by atoms with Crippen molar-refractivity contribution in [1.82, 2.24) is 25.6 Å². The Morgan fingerprint density at radius 2 is 2.18 bits per heavy atom. The Kier molecular flexibility index (Phi) is 2.08. The lowest BCUT2D eigenvalue weighted by Crippen LogP contribution is -2.02. The fourth-order valence-electron chi connectivity index (χ4n) is 1.85. The highest BCUT2D eigenvalue weighted by atomic mass is 32.1. The molecule has 0 unspecified atom stereocenters. The van der Waals surface area contributed by atoms with E-state index in [0.717, 1.165) is 21.0 Å². The van der Waals surface area contributed by atoms with Crippen molar-refractivity contribution in [2.75, 3.05) is 0 Å². The SMILES string of the molecule is Cc1cc(=O)c2c(-c3nn[nH]n3)sc(C)c2[nH]1. The maximum Gasteiger partial charge on any atom is 0.215 e. The zero-order valence-electron chi connectivity index (χ0n) is 9.24. The topological polar surface area (TPSA) is 87.3 Å². The lowest BCUT2D eigenvalue weighted by Gasteiger charge is -1.96. The number of hydrogen-bond donors (Lipinski definition) is 2. The van der Waals surface area contributed by atoms with Gasteiger partial charge in [0.2, 0.25) is 5.82 Å². The van der Waals surface area contributed by atoms with E-state index in [1.165, 1.54) is 11.3 Å². The standard InChI is InChI=1S/C10H9N5OS/c1-4-3-6(16)7-8(11-4)5(2)17-9(7)10-12-14-15-13-10/h3,11H,1-2H3,(H,12,13,14,15). The molecule has 3 aromatic rings. The maximum atomic E-state index is 12.0. The number of aromatic amines is 2. The van der Waals surface area contributed by atoms with Crippen molar-refractivity contribution in [2.24, 2.45) is 0 Å². The van der Waals surface area contributed by atoms with Crippen molar-refractivity contribution in [3.8, 4) is 10.7 Å². The molecule has 0 aromatic carbocycles. The summed E-state index contributed by atoms with van der Waals surface area (Å²) in [6, 6.07) is 1.58. The first kappa shape index (κ1) is 10.2. The van der Waals surface area contributed by atoms with Gasteiger partial charge in [-0.05, 0) is 19.1 Å². The van der Waals surface area contributed by atoms with Gasteiger partial charge in [-0.2, -0.15) is 5.21 Å². The van der Waals surface area contributed by atoms with Gasteiger partial charge in [0.15, 0.2) is 5.43 Å². The van der Waals surface area contributed by atoms with Crippen LogP contribution < -0.4 is 5.43 Å². The van der Waals surface area contributed by atoms with Crippen LogP contribution in [0.1, 0.15) is 10.6 Å². The summed E-state index contributed by atoms with van der Waals surface area (Å²) in [6.45, 7) is 3.83. The van der Waals surface area contributed by atoms with Gasteiger partial charge in [0.25, 0.3) is 0 Å². The van der Waals surface area contributed by atoms with Crippen molar-refractivity contribution in [1.29, 1.82) is 0 Å². The van der Waals surface area contributed by atoms with Gasteiger partial charge in [-0.15, -0.1) is 21.5 Å². The zero-order valence-corrected chi connectivity index (χ0v) is 10.1. The molecule has 17 heavy (non-hydrogen) atoms. The van der Waals surface area contributed by atoms with Gasteiger partial charge < -0.3 is 4.98 Å². The second-order valence-electron chi connectivity index (χ2n) is 3.79.